The van der Waals surface area contributed by atoms with E-state index < -0.39 is 17.9 Å². The van der Waals surface area contributed by atoms with E-state index in [1.165, 1.54) is 0 Å². The van der Waals surface area contributed by atoms with E-state index in [1.807, 2.05) is 30.3 Å². The molecule has 0 saturated carbocycles. The highest BCUT2D eigenvalue weighted by atomic mass is 16.5. The summed E-state index contributed by atoms with van der Waals surface area (Å²) in [6, 6.07) is 17.0. The Morgan fingerprint density at radius 3 is 2.36 bits per heavy atom. The summed E-state index contributed by atoms with van der Waals surface area (Å²) < 4.78 is 4.87. The first-order valence-electron chi connectivity index (χ1n) is 7.81. The number of hydrogen-bond acceptors (Lipinski definition) is 5. The van der Waals surface area contributed by atoms with E-state index in [4.69, 9.17) is 15.7 Å². The predicted molar refractivity (Wildman–Crippen MR) is 92.3 cm³/mol. The molecular weight excluding hydrogens is 318 g/mol. The SMILES string of the molecule is N#CCOC(=O)C(Cc1ccccc1)NC(=O)c1ccc(CN)cc1. The molecule has 6 nitrogen and oxygen atoms in total. The lowest BCUT2D eigenvalue weighted by atomic mass is 10.0. The molecular formula is C19H19N3O3. The molecule has 1 atom stereocenters. The van der Waals surface area contributed by atoms with Crippen molar-refractivity contribution >= 4 is 11.9 Å². The van der Waals surface area contributed by atoms with Gasteiger partial charge >= 0.3 is 5.97 Å². The van der Waals surface area contributed by atoms with Gasteiger partial charge in [0.25, 0.3) is 5.91 Å². The fourth-order valence-electron chi connectivity index (χ4n) is 2.28. The van der Waals surface area contributed by atoms with Crippen molar-refractivity contribution in [1.29, 1.82) is 5.26 Å². The zero-order chi connectivity index (χ0) is 18.1. The zero-order valence-corrected chi connectivity index (χ0v) is 13.6. The average molecular weight is 337 g/mol. The quantitative estimate of drug-likeness (QED) is 0.746. The van der Waals surface area contributed by atoms with Gasteiger partial charge < -0.3 is 15.8 Å². The number of esters is 1. The van der Waals surface area contributed by atoms with Gasteiger partial charge in [0.1, 0.15) is 12.1 Å². The summed E-state index contributed by atoms with van der Waals surface area (Å²) in [5, 5.41) is 11.2. The van der Waals surface area contributed by atoms with Crippen LogP contribution in [-0.2, 0) is 22.5 Å². The van der Waals surface area contributed by atoms with Crippen molar-refractivity contribution in [2.45, 2.75) is 19.0 Å². The van der Waals surface area contributed by atoms with Gasteiger partial charge in [-0.2, -0.15) is 5.26 Å². The fraction of sp³-hybridized carbons (Fsp3) is 0.211. The average Bonchev–Trinajstić information content (AvgIpc) is 2.66. The first-order valence-corrected chi connectivity index (χ1v) is 7.81. The maximum Gasteiger partial charge on any atom is 0.330 e. The summed E-state index contributed by atoms with van der Waals surface area (Å²) >= 11 is 0. The number of rotatable bonds is 7. The van der Waals surface area contributed by atoms with Gasteiger partial charge in [-0.3, -0.25) is 4.79 Å². The van der Waals surface area contributed by atoms with Crippen LogP contribution in [0.5, 0.6) is 0 Å². The molecule has 6 heteroatoms. The Labute approximate surface area is 146 Å². The smallest absolute Gasteiger partial charge is 0.330 e. The molecule has 0 saturated heterocycles. The number of ether oxygens (including phenoxy) is 1. The molecule has 128 valence electrons. The Bertz CT molecular complexity index is 752. The van der Waals surface area contributed by atoms with E-state index >= 15 is 0 Å². The third-order valence-electron chi connectivity index (χ3n) is 3.60. The molecule has 0 aliphatic heterocycles. The monoisotopic (exact) mass is 337 g/mol. The topological polar surface area (TPSA) is 105 Å². The molecule has 0 radical (unpaired) electrons. The van der Waals surface area contributed by atoms with Crippen LogP contribution >= 0.6 is 0 Å². The van der Waals surface area contributed by atoms with Gasteiger partial charge in [-0.15, -0.1) is 0 Å². The van der Waals surface area contributed by atoms with Crippen LogP contribution in [0.4, 0.5) is 0 Å². The van der Waals surface area contributed by atoms with E-state index in [0.717, 1.165) is 11.1 Å². The van der Waals surface area contributed by atoms with Gasteiger partial charge in [0.15, 0.2) is 6.61 Å². The summed E-state index contributed by atoms with van der Waals surface area (Å²) in [5.41, 5.74) is 7.74. The lowest BCUT2D eigenvalue weighted by Gasteiger charge is -2.17. The molecule has 2 aromatic rings. The van der Waals surface area contributed by atoms with Crippen molar-refractivity contribution in [2.24, 2.45) is 5.73 Å². The van der Waals surface area contributed by atoms with Crippen LogP contribution < -0.4 is 11.1 Å². The standard InChI is InChI=1S/C19H19N3O3/c20-10-11-25-19(24)17(12-14-4-2-1-3-5-14)22-18(23)16-8-6-15(13-21)7-9-16/h1-9,17H,11-13,21H2,(H,22,23). The highest BCUT2D eigenvalue weighted by Crippen LogP contribution is 2.08. The van der Waals surface area contributed by atoms with Crippen LogP contribution in [-0.4, -0.2) is 24.5 Å². The summed E-state index contributed by atoms with van der Waals surface area (Å²) in [7, 11) is 0. The summed E-state index contributed by atoms with van der Waals surface area (Å²) in [6.07, 6.45) is 0.276. The van der Waals surface area contributed by atoms with Crippen molar-refractivity contribution in [3.63, 3.8) is 0 Å². The van der Waals surface area contributed by atoms with Crippen LogP contribution in [0.2, 0.25) is 0 Å². The minimum atomic E-state index is -0.877. The van der Waals surface area contributed by atoms with E-state index in [-0.39, 0.29) is 13.0 Å². The Kier molecular flexibility index (Phi) is 6.69. The minimum absolute atomic E-state index is 0.276. The van der Waals surface area contributed by atoms with Gasteiger partial charge in [0, 0.05) is 18.5 Å². The van der Waals surface area contributed by atoms with Gasteiger partial charge in [-0.05, 0) is 23.3 Å². The number of nitrogens with two attached hydrogens (primary N) is 1. The largest absolute Gasteiger partial charge is 0.449 e. The highest BCUT2D eigenvalue weighted by molar-refractivity contribution is 5.96. The molecule has 0 heterocycles. The van der Waals surface area contributed by atoms with Crippen molar-refractivity contribution in [2.75, 3.05) is 6.61 Å². The minimum Gasteiger partial charge on any atom is -0.449 e. The molecule has 0 aliphatic rings. The number of carbonyl (C=O) groups excluding carboxylic acids is 2. The van der Waals surface area contributed by atoms with Crippen LogP contribution in [0.3, 0.4) is 0 Å². The normalized spacial score (nSPS) is 11.2. The predicted octanol–water partition coefficient (Wildman–Crippen LogP) is 1.55. The Hall–Kier alpha value is -3.17. The van der Waals surface area contributed by atoms with E-state index in [9.17, 15) is 9.59 Å². The van der Waals surface area contributed by atoms with Gasteiger partial charge in [0.2, 0.25) is 0 Å². The Morgan fingerprint density at radius 2 is 1.76 bits per heavy atom. The lowest BCUT2D eigenvalue weighted by molar-refractivity contribution is -0.144. The number of nitriles is 1. The molecule has 3 N–H and O–H groups in total. The molecule has 0 spiro atoms. The van der Waals surface area contributed by atoms with Crippen molar-refractivity contribution < 1.29 is 14.3 Å². The molecule has 0 bridgehead atoms. The molecule has 0 aliphatic carbocycles. The van der Waals surface area contributed by atoms with Crippen LogP contribution in [0.1, 0.15) is 21.5 Å². The molecule has 1 unspecified atom stereocenters. The Morgan fingerprint density at radius 1 is 1.08 bits per heavy atom. The number of nitrogens with one attached hydrogen (secondary N) is 1. The number of nitrogens with zero attached hydrogens (tertiary/aromatic N) is 1. The third-order valence-corrected chi connectivity index (χ3v) is 3.60. The fourth-order valence-corrected chi connectivity index (χ4v) is 2.28. The Balaban J connectivity index is 2.12. The number of amides is 1. The third kappa shape index (κ3) is 5.44. The second kappa shape index (κ2) is 9.21. The number of hydrogen-bond donors (Lipinski definition) is 2. The second-order valence-corrected chi connectivity index (χ2v) is 5.38. The van der Waals surface area contributed by atoms with Crippen LogP contribution in [0.15, 0.2) is 54.6 Å². The maximum atomic E-state index is 12.4. The van der Waals surface area contributed by atoms with Crippen molar-refractivity contribution in [1.82, 2.24) is 5.32 Å². The van der Waals surface area contributed by atoms with Gasteiger partial charge in [-0.25, -0.2) is 4.79 Å². The summed E-state index contributed by atoms with van der Waals surface area (Å²) in [6.45, 7) is 0.0320. The first kappa shape index (κ1) is 18.2. The summed E-state index contributed by atoms with van der Waals surface area (Å²) in [4.78, 5) is 24.6. The molecule has 2 aromatic carbocycles. The molecule has 25 heavy (non-hydrogen) atoms. The molecule has 0 fully saturated rings. The highest BCUT2D eigenvalue weighted by Gasteiger charge is 2.23. The van der Waals surface area contributed by atoms with E-state index in [1.54, 1.807) is 30.3 Å². The molecule has 1 amide bonds. The second-order valence-electron chi connectivity index (χ2n) is 5.38. The van der Waals surface area contributed by atoms with Crippen LogP contribution in [0.25, 0.3) is 0 Å². The van der Waals surface area contributed by atoms with Crippen molar-refractivity contribution in [3.05, 3.63) is 71.3 Å². The van der Waals surface area contributed by atoms with Gasteiger partial charge in [0.05, 0.1) is 0 Å². The summed E-state index contributed by atoms with van der Waals surface area (Å²) in [5.74, 6) is -1.03. The maximum absolute atomic E-state index is 12.4. The van der Waals surface area contributed by atoms with Crippen LogP contribution in [0, 0.1) is 11.3 Å². The van der Waals surface area contributed by atoms with Crippen molar-refractivity contribution in [3.8, 4) is 6.07 Å². The first-order chi connectivity index (χ1) is 12.1. The number of carbonyl (C=O) groups is 2. The molecule has 0 aromatic heterocycles. The molecule has 2 rings (SSSR count). The lowest BCUT2D eigenvalue weighted by Crippen LogP contribution is -2.43. The van der Waals surface area contributed by atoms with E-state index in [0.29, 0.717) is 12.1 Å². The number of benzene rings is 2. The zero-order valence-electron chi connectivity index (χ0n) is 13.6. The van der Waals surface area contributed by atoms with Gasteiger partial charge in [-0.1, -0.05) is 42.5 Å². The van der Waals surface area contributed by atoms with E-state index in [2.05, 4.69) is 5.32 Å².